The number of pyridine rings is 1. The van der Waals surface area contributed by atoms with Crippen molar-refractivity contribution in [2.45, 2.75) is 6.54 Å². The van der Waals surface area contributed by atoms with Gasteiger partial charge in [-0.15, -0.1) is 0 Å². The Bertz CT molecular complexity index is 677. The lowest BCUT2D eigenvalue weighted by Crippen LogP contribution is -2.26. The van der Waals surface area contributed by atoms with Gasteiger partial charge < -0.3 is 10.1 Å². The number of ether oxygens (including phenoxy) is 1. The molecule has 0 aliphatic rings. The quantitative estimate of drug-likeness (QED) is 0.649. The van der Waals surface area contributed by atoms with E-state index < -0.39 is 0 Å². The molecule has 0 radical (unpaired) electrons. The van der Waals surface area contributed by atoms with Crippen LogP contribution in [0.5, 0.6) is 5.75 Å². The third kappa shape index (κ3) is 4.34. The van der Waals surface area contributed by atoms with Crippen molar-refractivity contribution in [2.24, 2.45) is 0 Å². The van der Waals surface area contributed by atoms with E-state index in [0.29, 0.717) is 23.1 Å². The Balaban J connectivity index is 2.17. The number of hydroxylamine groups is 2. The zero-order valence-electron chi connectivity index (χ0n) is 13.2. The predicted octanol–water partition coefficient (Wildman–Crippen LogP) is 2.99. The van der Waals surface area contributed by atoms with E-state index in [9.17, 15) is 4.79 Å². The molecule has 0 aliphatic carbocycles. The van der Waals surface area contributed by atoms with E-state index in [1.54, 1.807) is 19.2 Å². The normalized spacial score (nSPS) is 10.3. The molecule has 1 aromatic carbocycles. The topological polar surface area (TPSA) is 63.7 Å². The second-order valence-corrected chi connectivity index (χ2v) is 5.10. The number of hydrogen-bond donors (Lipinski definition) is 1. The first kappa shape index (κ1) is 17.1. The van der Waals surface area contributed by atoms with Gasteiger partial charge in [0.1, 0.15) is 16.7 Å². The summed E-state index contributed by atoms with van der Waals surface area (Å²) in [4.78, 5) is 21.4. The van der Waals surface area contributed by atoms with E-state index in [-0.39, 0.29) is 5.91 Å². The van der Waals surface area contributed by atoms with Gasteiger partial charge in [0.15, 0.2) is 0 Å². The van der Waals surface area contributed by atoms with Gasteiger partial charge in [-0.05, 0) is 29.8 Å². The third-order valence-electron chi connectivity index (χ3n) is 3.27. The molecule has 1 heterocycles. The van der Waals surface area contributed by atoms with E-state index in [2.05, 4.69) is 10.3 Å². The molecule has 0 aliphatic heterocycles. The van der Waals surface area contributed by atoms with Gasteiger partial charge in [-0.25, -0.2) is 10.0 Å². The lowest BCUT2D eigenvalue weighted by Gasteiger charge is -2.16. The van der Waals surface area contributed by atoms with Gasteiger partial charge in [0, 0.05) is 13.6 Å². The molecule has 1 aromatic heterocycles. The zero-order chi connectivity index (χ0) is 16.8. The highest BCUT2D eigenvalue weighted by Crippen LogP contribution is 2.20. The molecule has 1 amide bonds. The Hall–Kier alpha value is -2.31. The second-order valence-electron chi connectivity index (χ2n) is 4.72. The fraction of sp³-hybridized carbons (Fsp3) is 0.250. The van der Waals surface area contributed by atoms with Gasteiger partial charge in [0.05, 0.1) is 19.8 Å². The molecule has 23 heavy (non-hydrogen) atoms. The molecule has 0 saturated carbocycles. The number of nitrogens with zero attached hydrogens (tertiary/aromatic N) is 2. The fourth-order valence-corrected chi connectivity index (χ4v) is 2.07. The summed E-state index contributed by atoms with van der Waals surface area (Å²) in [5, 5.41) is 4.56. The van der Waals surface area contributed by atoms with Crippen molar-refractivity contribution in [2.75, 3.05) is 26.6 Å². The van der Waals surface area contributed by atoms with Gasteiger partial charge in [-0.2, -0.15) is 0 Å². The van der Waals surface area contributed by atoms with Crippen LogP contribution >= 0.6 is 11.6 Å². The number of carbonyl (C=O) groups is 1. The molecule has 7 heteroatoms. The van der Waals surface area contributed by atoms with Crippen LogP contribution in [-0.2, 0) is 11.4 Å². The summed E-state index contributed by atoms with van der Waals surface area (Å²) in [5.74, 6) is 0.878. The Morgan fingerprint density at radius 3 is 2.52 bits per heavy atom. The molecule has 0 unspecified atom stereocenters. The van der Waals surface area contributed by atoms with Gasteiger partial charge in [0.25, 0.3) is 5.91 Å². The molecule has 1 N–H and O–H groups in total. The SMILES string of the molecule is COc1ccc(CNc2nc(Cl)ccc2C(=O)N(C)OC)cc1. The van der Waals surface area contributed by atoms with Crippen LogP contribution in [0.1, 0.15) is 15.9 Å². The zero-order valence-corrected chi connectivity index (χ0v) is 13.9. The maximum Gasteiger partial charge on any atom is 0.280 e. The van der Waals surface area contributed by atoms with Crippen molar-refractivity contribution >= 4 is 23.3 Å². The first-order valence-corrected chi connectivity index (χ1v) is 7.28. The van der Waals surface area contributed by atoms with Crippen LogP contribution in [0.2, 0.25) is 5.15 Å². The molecule has 0 fully saturated rings. The van der Waals surface area contributed by atoms with E-state index in [1.165, 1.54) is 14.2 Å². The second kappa shape index (κ2) is 7.80. The van der Waals surface area contributed by atoms with Gasteiger partial charge in [-0.3, -0.25) is 9.63 Å². The largest absolute Gasteiger partial charge is 0.497 e. The van der Waals surface area contributed by atoms with Crippen LogP contribution in [0.25, 0.3) is 0 Å². The lowest BCUT2D eigenvalue weighted by molar-refractivity contribution is -0.0756. The van der Waals surface area contributed by atoms with E-state index in [0.717, 1.165) is 16.4 Å². The maximum absolute atomic E-state index is 12.3. The number of anilines is 1. The first-order chi connectivity index (χ1) is 11.0. The molecule has 2 aromatic rings. The molecule has 0 saturated heterocycles. The average Bonchev–Trinajstić information content (AvgIpc) is 2.59. The van der Waals surface area contributed by atoms with Crippen LogP contribution in [0.3, 0.4) is 0 Å². The molecular formula is C16H18ClN3O3. The Kier molecular flexibility index (Phi) is 5.78. The van der Waals surface area contributed by atoms with Crippen molar-refractivity contribution in [3.05, 3.63) is 52.7 Å². The first-order valence-electron chi connectivity index (χ1n) is 6.90. The van der Waals surface area contributed by atoms with Crippen molar-refractivity contribution in [3.8, 4) is 5.75 Å². The van der Waals surface area contributed by atoms with Crippen LogP contribution in [0, 0.1) is 0 Å². The number of benzene rings is 1. The van der Waals surface area contributed by atoms with Gasteiger partial charge >= 0.3 is 0 Å². The van der Waals surface area contributed by atoms with Gasteiger partial charge in [0.2, 0.25) is 0 Å². The fourth-order valence-electron chi connectivity index (χ4n) is 1.92. The molecule has 0 bridgehead atoms. The number of nitrogens with one attached hydrogen (secondary N) is 1. The Morgan fingerprint density at radius 2 is 1.91 bits per heavy atom. The molecule has 0 atom stereocenters. The minimum absolute atomic E-state index is 0.304. The summed E-state index contributed by atoms with van der Waals surface area (Å²) < 4.78 is 5.12. The highest BCUT2D eigenvalue weighted by molar-refractivity contribution is 6.29. The van der Waals surface area contributed by atoms with E-state index in [4.69, 9.17) is 21.2 Å². The minimum atomic E-state index is -0.311. The molecule has 6 nitrogen and oxygen atoms in total. The third-order valence-corrected chi connectivity index (χ3v) is 3.48. The maximum atomic E-state index is 12.3. The Morgan fingerprint density at radius 1 is 1.22 bits per heavy atom. The van der Waals surface area contributed by atoms with Crippen molar-refractivity contribution < 1.29 is 14.4 Å². The molecule has 122 valence electrons. The number of hydrogen-bond acceptors (Lipinski definition) is 5. The number of rotatable bonds is 6. The smallest absolute Gasteiger partial charge is 0.280 e. The lowest BCUT2D eigenvalue weighted by atomic mass is 10.2. The van der Waals surface area contributed by atoms with E-state index >= 15 is 0 Å². The number of aromatic nitrogens is 1. The summed E-state index contributed by atoms with van der Waals surface area (Å²) in [6, 6.07) is 10.8. The van der Waals surface area contributed by atoms with Crippen LogP contribution in [0.15, 0.2) is 36.4 Å². The summed E-state index contributed by atoms with van der Waals surface area (Å²) in [6.45, 7) is 0.494. The summed E-state index contributed by atoms with van der Waals surface area (Å²) in [6.07, 6.45) is 0. The summed E-state index contributed by atoms with van der Waals surface area (Å²) >= 11 is 5.93. The number of methoxy groups -OCH3 is 1. The number of halogens is 1. The highest BCUT2D eigenvalue weighted by Gasteiger charge is 2.17. The van der Waals surface area contributed by atoms with Crippen molar-refractivity contribution in [1.82, 2.24) is 10.0 Å². The van der Waals surface area contributed by atoms with Crippen LogP contribution < -0.4 is 10.1 Å². The van der Waals surface area contributed by atoms with E-state index in [1.807, 2.05) is 24.3 Å². The standard InChI is InChI=1S/C16H18ClN3O3/c1-20(23-3)16(21)13-8-9-14(17)19-15(13)18-10-11-4-6-12(22-2)7-5-11/h4-9H,10H2,1-3H3,(H,18,19). The van der Waals surface area contributed by atoms with Crippen molar-refractivity contribution in [3.63, 3.8) is 0 Å². The van der Waals surface area contributed by atoms with Gasteiger partial charge in [-0.1, -0.05) is 23.7 Å². The molecule has 0 spiro atoms. The monoisotopic (exact) mass is 335 g/mol. The van der Waals surface area contributed by atoms with Crippen molar-refractivity contribution in [1.29, 1.82) is 0 Å². The molecular weight excluding hydrogens is 318 g/mol. The molecule has 2 rings (SSSR count). The van der Waals surface area contributed by atoms with Crippen LogP contribution in [0.4, 0.5) is 5.82 Å². The summed E-state index contributed by atoms with van der Waals surface area (Å²) in [7, 11) is 4.57. The summed E-state index contributed by atoms with van der Waals surface area (Å²) in [5.41, 5.74) is 1.40. The average molecular weight is 336 g/mol. The number of carbonyl (C=O) groups excluding carboxylic acids is 1. The highest BCUT2D eigenvalue weighted by atomic mass is 35.5. The Labute approximate surface area is 139 Å². The van der Waals surface area contributed by atoms with Crippen LogP contribution in [-0.4, -0.2) is 37.2 Å². The predicted molar refractivity (Wildman–Crippen MR) is 88.7 cm³/mol. The number of amides is 1. The minimum Gasteiger partial charge on any atom is -0.497 e.